The number of pyridine rings is 1. The van der Waals surface area contributed by atoms with E-state index in [1.807, 2.05) is 6.07 Å². The largest absolute Gasteiger partial charge is 0.416 e. The summed E-state index contributed by atoms with van der Waals surface area (Å²) in [6.45, 7) is 0.809. The van der Waals surface area contributed by atoms with Gasteiger partial charge in [-0.2, -0.15) is 13.2 Å². The first-order valence-electron chi connectivity index (χ1n) is 8.93. The van der Waals surface area contributed by atoms with Crippen LogP contribution in [0, 0.1) is 5.92 Å². The van der Waals surface area contributed by atoms with Crippen LogP contribution in [0.5, 0.6) is 0 Å². The number of rotatable bonds is 4. The summed E-state index contributed by atoms with van der Waals surface area (Å²) in [5.41, 5.74) is 0.244. The number of carbonyl (C=O) groups excluding carboxylic acids is 2. The van der Waals surface area contributed by atoms with Gasteiger partial charge in [-0.1, -0.05) is 18.2 Å². The molecule has 1 aromatic carbocycles. The van der Waals surface area contributed by atoms with Gasteiger partial charge in [0.25, 0.3) is 0 Å². The molecule has 1 aliphatic rings. The van der Waals surface area contributed by atoms with Crippen molar-refractivity contribution in [3.05, 3.63) is 71.6 Å². The fraction of sp³-hybridized carbons (Fsp3) is 0.286. The summed E-state index contributed by atoms with van der Waals surface area (Å²) in [4.78, 5) is 30.7. The topological polar surface area (TPSA) is 50.3 Å². The van der Waals surface area contributed by atoms with Crippen LogP contribution in [0.4, 0.5) is 13.2 Å². The first-order valence-corrected chi connectivity index (χ1v) is 8.93. The molecule has 1 saturated heterocycles. The molecule has 146 valence electrons. The van der Waals surface area contributed by atoms with Gasteiger partial charge in [0, 0.05) is 43.0 Å². The van der Waals surface area contributed by atoms with Crippen molar-refractivity contribution in [2.75, 3.05) is 13.1 Å². The molecule has 2 heterocycles. The molecule has 0 radical (unpaired) electrons. The van der Waals surface area contributed by atoms with Crippen molar-refractivity contribution in [2.24, 2.45) is 5.92 Å². The predicted molar refractivity (Wildman–Crippen MR) is 98.3 cm³/mol. The highest BCUT2D eigenvalue weighted by Crippen LogP contribution is 2.30. The number of carbonyl (C=O) groups is 2. The molecule has 0 spiro atoms. The highest BCUT2D eigenvalue weighted by atomic mass is 19.4. The Morgan fingerprint density at radius 3 is 2.54 bits per heavy atom. The summed E-state index contributed by atoms with van der Waals surface area (Å²) in [6, 6.07) is 7.82. The van der Waals surface area contributed by atoms with Crippen molar-refractivity contribution in [1.29, 1.82) is 0 Å². The first-order chi connectivity index (χ1) is 13.3. The third kappa shape index (κ3) is 4.85. The lowest BCUT2D eigenvalue weighted by Crippen LogP contribution is -2.41. The van der Waals surface area contributed by atoms with E-state index in [1.165, 1.54) is 18.2 Å². The number of benzene rings is 1. The van der Waals surface area contributed by atoms with Crippen LogP contribution in [0.25, 0.3) is 6.08 Å². The van der Waals surface area contributed by atoms with Crippen molar-refractivity contribution in [3.8, 4) is 0 Å². The van der Waals surface area contributed by atoms with Crippen molar-refractivity contribution < 1.29 is 22.8 Å². The Hall–Kier alpha value is -2.96. The molecule has 0 unspecified atom stereocenters. The number of hydrogen-bond acceptors (Lipinski definition) is 3. The Morgan fingerprint density at radius 1 is 1.14 bits per heavy atom. The van der Waals surface area contributed by atoms with E-state index in [1.54, 1.807) is 29.4 Å². The molecule has 1 aromatic heterocycles. The zero-order chi connectivity index (χ0) is 20.1. The third-order valence-electron chi connectivity index (χ3n) is 4.70. The fourth-order valence-electron chi connectivity index (χ4n) is 3.20. The Balaban J connectivity index is 1.64. The zero-order valence-electron chi connectivity index (χ0n) is 15.0. The van der Waals surface area contributed by atoms with Crippen LogP contribution in [0.1, 0.15) is 34.3 Å². The van der Waals surface area contributed by atoms with Crippen LogP contribution in [0.15, 0.2) is 54.9 Å². The average Bonchev–Trinajstić information content (AvgIpc) is 2.72. The second kappa shape index (κ2) is 8.37. The minimum atomic E-state index is -4.43. The molecule has 2 aromatic rings. The van der Waals surface area contributed by atoms with Crippen LogP contribution in [-0.4, -0.2) is 34.7 Å². The first kappa shape index (κ1) is 19.8. The lowest BCUT2D eigenvalue weighted by atomic mass is 9.89. The lowest BCUT2D eigenvalue weighted by Gasteiger charge is -2.31. The van der Waals surface area contributed by atoms with E-state index in [4.69, 9.17) is 0 Å². The maximum absolute atomic E-state index is 12.7. The summed E-state index contributed by atoms with van der Waals surface area (Å²) < 4.78 is 38.0. The number of nitrogens with zero attached hydrogens (tertiary/aromatic N) is 2. The Labute approximate surface area is 160 Å². The summed E-state index contributed by atoms with van der Waals surface area (Å²) in [5, 5.41) is 0. The van der Waals surface area contributed by atoms with E-state index in [0.29, 0.717) is 19.4 Å². The summed E-state index contributed by atoms with van der Waals surface area (Å²) in [5.74, 6) is -0.850. The number of amides is 1. The minimum Gasteiger partial charge on any atom is -0.338 e. The van der Waals surface area contributed by atoms with Crippen LogP contribution < -0.4 is 0 Å². The van der Waals surface area contributed by atoms with Gasteiger partial charge in [0.2, 0.25) is 5.91 Å². The molecule has 1 amide bonds. The number of piperidine rings is 1. The molecule has 0 saturated carbocycles. The number of ketones is 1. The Kier molecular flexibility index (Phi) is 5.92. The normalized spacial score (nSPS) is 17.7. The molecule has 1 aliphatic heterocycles. The summed E-state index contributed by atoms with van der Waals surface area (Å²) in [6.07, 6.45) is 3.23. The van der Waals surface area contributed by atoms with Crippen LogP contribution in [-0.2, 0) is 11.0 Å². The number of hydrogen-bond donors (Lipinski definition) is 0. The maximum Gasteiger partial charge on any atom is 0.416 e. The lowest BCUT2D eigenvalue weighted by molar-refractivity contribution is -0.137. The van der Waals surface area contributed by atoms with Gasteiger partial charge in [0.05, 0.1) is 5.56 Å². The van der Waals surface area contributed by atoms with E-state index < -0.39 is 17.7 Å². The van der Waals surface area contributed by atoms with Crippen molar-refractivity contribution in [1.82, 2.24) is 9.88 Å². The number of aromatic nitrogens is 1. The molecule has 0 aliphatic carbocycles. The summed E-state index contributed by atoms with van der Waals surface area (Å²) in [7, 11) is 0. The van der Waals surface area contributed by atoms with E-state index in [2.05, 4.69) is 4.98 Å². The molecule has 28 heavy (non-hydrogen) atoms. The number of alkyl halides is 3. The second-order valence-corrected chi connectivity index (χ2v) is 6.68. The van der Waals surface area contributed by atoms with E-state index in [9.17, 15) is 22.8 Å². The predicted octanol–water partition coefficient (Wildman–Crippen LogP) is 4.24. The highest BCUT2D eigenvalue weighted by molar-refractivity contribution is 5.99. The van der Waals surface area contributed by atoms with Crippen molar-refractivity contribution >= 4 is 17.8 Å². The van der Waals surface area contributed by atoms with Crippen molar-refractivity contribution in [3.63, 3.8) is 0 Å². The maximum atomic E-state index is 12.7. The number of likely N-dealkylation sites (tertiary alicyclic amines) is 1. The van der Waals surface area contributed by atoms with E-state index in [-0.39, 0.29) is 23.8 Å². The van der Waals surface area contributed by atoms with Crippen LogP contribution in [0.3, 0.4) is 0 Å². The van der Waals surface area contributed by atoms with Gasteiger partial charge in [-0.3, -0.25) is 14.6 Å². The SMILES string of the molecule is O=C(c1ccc(C(F)(F)F)cc1)[C@@H]1CCCN(C(=O)/C=C/c2cccnc2)C1. The standard InChI is InChI=1S/C21H19F3N2O2/c22-21(23,24)18-8-6-16(7-9-18)20(28)17-4-2-12-26(14-17)19(27)10-5-15-3-1-11-25-13-15/h1,3,5-11,13,17H,2,4,12,14H2/b10-5+/t17-/m1/s1. The Morgan fingerprint density at radius 2 is 1.89 bits per heavy atom. The fourth-order valence-corrected chi connectivity index (χ4v) is 3.20. The molecule has 7 heteroatoms. The minimum absolute atomic E-state index is 0.200. The monoisotopic (exact) mass is 388 g/mol. The second-order valence-electron chi connectivity index (χ2n) is 6.68. The molecule has 4 nitrogen and oxygen atoms in total. The number of Topliss-reactive ketones (excluding diaryl/α,β-unsaturated/α-hetero) is 1. The number of halogens is 3. The van der Waals surface area contributed by atoms with Crippen molar-refractivity contribution in [2.45, 2.75) is 19.0 Å². The Bertz CT molecular complexity index is 861. The van der Waals surface area contributed by atoms with Gasteiger partial charge in [0.1, 0.15) is 0 Å². The van der Waals surface area contributed by atoms with Crippen LogP contribution >= 0.6 is 0 Å². The van der Waals surface area contributed by atoms with Gasteiger partial charge < -0.3 is 4.90 Å². The zero-order valence-corrected chi connectivity index (χ0v) is 15.0. The summed E-state index contributed by atoms with van der Waals surface area (Å²) >= 11 is 0. The highest BCUT2D eigenvalue weighted by Gasteiger charge is 2.32. The molecule has 0 bridgehead atoms. The van der Waals surface area contributed by atoms with Crippen LogP contribution in [0.2, 0.25) is 0 Å². The van der Waals surface area contributed by atoms with Gasteiger partial charge in [-0.15, -0.1) is 0 Å². The third-order valence-corrected chi connectivity index (χ3v) is 4.70. The smallest absolute Gasteiger partial charge is 0.338 e. The quantitative estimate of drug-likeness (QED) is 0.582. The van der Waals surface area contributed by atoms with Gasteiger partial charge in [-0.05, 0) is 42.7 Å². The van der Waals surface area contributed by atoms with E-state index in [0.717, 1.165) is 17.7 Å². The molecular formula is C21H19F3N2O2. The van der Waals surface area contributed by atoms with Gasteiger partial charge in [-0.25, -0.2) is 0 Å². The van der Waals surface area contributed by atoms with Gasteiger partial charge >= 0.3 is 6.18 Å². The molecule has 3 rings (SSSR count). The average molecular weight is 388 g/mol. The molecule has 0 N–H and O–H groups in total. The van der Waals surface area contributed by atoms with E-state index >= 15 is 0 Å². The molecule has 1 atom stereocenters. The van der Waals surface area contributed by atoms with Gasteiger partial charge in [0.15, 0.2) is 5.78 Å². The molecular weight excluding hydrogens is 369 g/mol. The molecule has 1 fully saturated rings.